The molecule has 130 valence electrons. The molecular weight excluding hydrogens is 346 g/mol. The highest BCUT2D eigenvalue weighted by molar-refractivity contribution is 6.33. The first-order valence-corrected chi connectivity index (χ1v) is 8.89. The number of fused-ring (bicyclic) bond motifs is 1. The Morgan fingerprint density at radius 2 is 1.92 bits per heavy atom. The Morgan fingerprint density at radius 3 is 2.77 bits per heavy atom. The maximum absolute atomic E-state index is 12.6. The van der Waals surface area contributed by atoms with Gasteiger partial charge in [-0.05, 0) is 43.2 Å². The van der Waals surface area contributed by atoms with Gasteiger partial charge in [0, 0.05) is 17.9 Å². The van der Waals surface area contributed by atoms with Crippen LogP contribution >= 0.6 is 11.6 Å². The predicted molar refractivity (Wildman–Crippen MR) is 105 cm³/mol. The fourth-order valence-electron chi connectivity index (χ4n) is 3.40. The van der Waals surface area contributed by atoms with Crippen LogP contribution in [0, 0.1) is 0 Å². The van der Waals surface area contributed by atoms with Crippen molar-refractivity contribution in [1.29, 1.82) is 0 Å². The van der Waals surface area contributed by atoms with Gasteiger partial charge in [0.1, 0.15) is 0 Å². The summed E-state index contributed by atoms with van der Waals surface area (Å²) in [5.41, 5.74) is 4.48. The predicted octanol–water partition coefficient (Wildman–Crippen LogP) is 5.07. The van der Waals surface area contributed by atoms with E-state index in [1.807, 2.05) is 24.3 Å². The maximum atomic E-state index is 12.6. The number of nitrogens with one attached hydrogen (secondary N) is 1. The molecule has 4 rings (SSSR count). The van der Waals surface area contributed by atoms with Crippen LogP contribution < -0.4 is 10.2 Å². The van der Waals surface area contributed by atoms with Crippen LogP contribution in [0.2, 0.25) is 5.02 Å². The number of amides is 1. The number of benzene rings is 2. The Labute approximate surface area is 157 Å². The second-order valence-electron chi connectivity index (χ2n) is 6.42. The topological polar surface area (TPSA) is 45.2 Å². The molecule has 0 saturated heterocycles. The van der Waals surface area contributed by atoms with Crippen molar-refractivity contribution < 1.29 is 4.79 Å². The van der Waals surface area contributed by atoms with E-state index in [0.29, 0.717) is 22.3 Å². The molecule has 0 aliphatic carbocycles. The van der Waals surface area contributed by atoms with E-state index in [1.54, 1.807) is 24.5 Å². The highest BCUT2D eigenvalue weighted by Crippen LogP contribution is 2.38. The lowest BCUT2D eigenvalue weighted by molar-refractivity contribution is 0.102. The zero-order chi connectivity index (χ0) is 18.1. The highest BCUT2D eigenvalue weighted by atomic mass is 35.5. The molecule has 0 saturated carbocycles. The number of carbonyl (C=O) groups is 1. The molecule has 1 atom stereocenters. The van der Waals surface area contributed by atoms with Crippen molar-refractivity contribution in [2.24, 2.45) is 0 Å². The summed E-state index contributed by atoms with van der Waals surface area (Å²) in [6.07, 6.45) is 4.35. The SMILES string of the molecule is CC1Cc2ccccc2N1c1cncc(C(=O)Nc2ccccc2Cl)c1. The molecule has 1 N–H and O–H groups in total. The van der Waals surface area contributed by atoms with Gasteiger partial charge in [-0.3, -0.25) is 9.78 Å². The smallest absolute Gasteiger partial charge is 0.257 e. The average Bonchev–Trinajstić information content (AvgIpc) is 2.99. The summed E-state index contributed by atoms with van der Waals surface area (Å²) in [6, 6.07) is 17.7. The zero-order valence-electron chi connectivity index (χ0n) is 14.3. The Morgan fingerprint density at radius 1 is 1.15 bits per heavy atom. The Kier molecular flexibility index (Phi) is 4.35. The average molecular weight is 364 g/mol. The largest absolute Gasteiger partial charge is 0.337 e. The van der Waals surface area contributed by atoms with E-state index in [1.165, 1.54) is 11.3 Å². The van der Waals surface area contributed by atoms with Crippen LogP contribution in [0.4, 0.5) is 17.1 Å². The molecule has 1 amide bonds. The third-order valence-electron chi connectivity index (χ3n) is 4.59. The number of halogens is 1. The first kappa shape index (κ1) is 16.6. The first-order valence-electron chi connectivity index (χ1n) is 8.51. The third kappa shape index (κ3) is 3.04. The maximum Gasteiger partial charge on any atom is 0.257 e. The molecule has 1 aromatic heterocycles. The van der Waals surface area contributed by atoms with Gasteiger partial charge in [-0.2, -0.15) is 0 Å². The molecule has 5 heteroatoms. The second-order valence-corrected chi connectivity index (χ2v) is 6.82. The summed E-state index contributed by atoms with van der Waals surface area (Å²) in [7, 11) is 0. The van der Waals surface area contributed by atoms with Crippen molar-refractivity contribution in [2.75, 3.05) is 10.2 Å². The molecule has 26 heavy (non-hydrogen) atoms. The van der Waals surface area contributed by atoms with Crippen molar-refractivity contribution in [3.8, 4) is 0 Å². The Hall–Kier alpha value is -2.85. The summed E-state index contributed by atoms with van der Waals surface area (Å²) >= 11 is 6.13. The minimum Gasteiger partial charge on any atom is -0.337 e. The quantitative estimate of drug-likeness (QED) is 0.706. The summed E-state index contributed by atoms with van der Waals surface area (Å²) in [4.78, 5) is 19.1. The van der Waals surface area contributed by atoms with E-state index in [9.17, 15) is 4.79 Å². The zero-order valence-corrected chi connectivity index (χ0v) is 15.1. The monoisotopic (exact) mass is 363 g/mol. The number of pyridine rings is 1. The number of rotatable bonds is 3. The number of hydrogen-bond acceptors (Lipinski definition) is 3. The van der Waals surface area contributed by atoms with Crippen LogP contribution in [0.1, 0.15) is 22.8 Å². The molecule has 1 aliphatic rings. The summed E-state index contributed by atoms with van der Waals surface area (Å²) in [6.45, 7) is 2.18. The summed E-state index contributed by atoms with van der Waals surface area (Å²) < 4.78 is 0. The van der Waals surface area contributed by atoms with Crippen molar-refractivity contribution in [1.82, 2.24) is 4.98 Å². The van der Waals surface area contributed by atoms with E-state index >= 15 is 0 Å². The van der Waals surface area contributed by atoms with E-state index in [-0.39, 0.29) is 5.91 Å². The van der Waals surface area contributed by atoms with Gasteiger partial charge in [-0.25, -0.2) is 0 Å². The van der Waals surface area contributed by atoms with Gasteiger partial charge in [0.15, 0.2) is 0 Å². The molecule has 2 heterocycles. The van der Waals surface area contributed by atoms with Gasteiger partial charge < -0.3 is 10.2 Å². The standard InChI is InChI=1S/C21H18ClN3O/c1-14-10-15-6-2-5-9-20(15)25(14)17-11-16(12-23-13-17)21(26)24-19-8-4-3-7-18(19)22/h2-9,11-14H,10H2,1H3,(H,24,26). The lowest BCUT2D eigenvalue weighted by Gasteiger charge is -2.25. The van der Waals surface area contributed by atoms with Gasteiger partial charge >= 0.3 is 0 Å². The van der Waals surface area contributed by atoms with Gasteiger partial charge in [0.2, 0.25) is 0 Å². The van der Waals surface area contributed by atoms with E-state index in [0.717, 1.165) is 12.1 Å². The van der Waals surface area contributed by atoms with Gasteiger partial charge in [-0.1, -0.05) is 41.9 Å². The minimum atomic E-state index is -0.229. The van der Waals surface area contributed by atoms with Gasteiger partial charge in [0.25, 0.3) is 5.91 Å². The van der Waals surface area contributed by atoms with Crippen LogP contribution in [0.25, 0.3) is 0 Å². The number of para-hydroxylation sites is 2. The van der Waals surface area contributed by atoms with Crippen LogP contribution in [0.5, 0.6) is 0 Å². The lowest BCUT2D eigenvalue weighted by Crippen LogP contribution is -2.24. The van der Waals surface area contributed by atoms with E-state index < -0.39 is 0 Å². The van der Waals surface area contributed by atoms with E-state index in [2.05, 4.69) is 40.3 Å². The first-order chi connectivity index (χ1) is 12.6. The fraction of sp³-hybridized carbons (Fsp3) is 0.143. The molecule has 0 fully saturated rings. The molecule has 1 unspecified atom stereocenters. The summed E-state index contributed by atoms with van der Waals surface area (Å²) in [5, 5.41) is 3.35. The molecule has 0 radical (unpaired) electrons. The highest BCUT2D eigenvalue weighted by Gasteiger charge is 2.27. The molecule has 0 bridgehead atoms. The number of hydrogen-bond donors (Lipinski definition) is 1. The van der Waals surface area contributed by atoms with Crippen LogP contribution in [0.3, 0.4) is 0 Å². The minimum absolute atomic E-state index is 0.229. The molecular formula is C21H18ClN3O. The van der Waals surface area contributed by atoms with Crippen LogP contribution in [-0.4, -0.2) is 16.9 Å². The lowest BCUT2D eigenvalue weighted by atomic mass is 10.1. The normalized spacial score (nSPS) is 15.6. The Balaban J connectivity index is 1.63. The summed E-state index contributed by atoms with van der Waals surface area (Å²) in [5.74, 6) is -0.229. The molecule has 0 spiro atoms. The van der Waals surface area contributed by atoms with Crippen LogP contribution in [-0.2, 0) is 6.42 Å². The molecule has 2 aromatic carbocycles. The number of nitrogens with zero attached hydrogens (tertiary/aromatic N) is 2. The number of carbonyl (C=O) groups excluding carboxylic acids is 1. The molecule has 4 nitrogen and oxygen atoms in total. The van der Waals surface area contributed by atoms with Crippen molar-refractivity contribution in [3.63, 3.8) is 0 Å². The van der Waals surface area contributed by atoms with Crippen molar-refractivity contribution in [2.45, 2.75) is 19.4 Å². The fourth-order valence-corrected chi connectivity index (χ4v) is 3.58. The molecule has 1 aliphatic heterocycles. The molecule has 3 aromatic rings. The van der Waals surface area contributed by atoms with Crippen LogP contribution in [0.15, 0.2) is 67.0 Å². The second kappa shape index (κ2) is 6.81. The van der Waals surface area contributed by atoms with Gasteiger partial charge in [0.05, 0.1) is 28.2 Å². The number of aromatic nitrogens is 1. The number of anilines is 3. The van der Waals surface area contributed by atoms with E-state index in [4.69, 9.17) is 11.6 Å². The Bertz CT molecular complexity index is 973. The third-order valence-corrected chi connectivity index (χ3v) is 4.92. The van der Waals surface area contributed by atoms with Crippen molar-refractivity contribution >= 4 is 34.6 Å². The van der Waals surface area contributed by atoms with Crippen molar-refractivity contribution in [3.05, 3.63) is 83.1 Å². The van der Waals surface area contributed by atoms with Gasteiger partial charge in [-0.15, -0.1) is 0 Å².